The van der Waals surface area contributed by atoms with Crippen molar-refractivity contribution in [2.45, 2.75) is 52.5 Å². The number of para-hydroxylation sites is 1. The summed E-state index contributed by atoms with van der Waals surface area (Å²) in [5.41, 5.74) is 8.22. The number of hydrogen-bond donors (Lipinski definition) is 1. The first kappa shape index (κ1) is 30.8. The Kier molecular flexibility index (Phi) is 11.2. The molecule has 4 nitrogen and oxygen atoms in total. The Hall–Kier alpha value is -3.76. The molecule has 0 aliphatic carbocycles. The van der Waals surface area contributed by atoms with E-state index in [-0.39, 0.29) is 11.6 Å². The largest absolute Gasteiger partial charge is 0.505 e. The van der Waals surface area contributed by atoms with Crippen LogP contribution in [0.4, 0.5) is 0 Å². The van der Waals surface area contributed by atoms with Crippen LogP contribution in [0.25, 0.3) is 27.7 Å². The first-order valence-electron chi connectivity index (χ1n) is 13.8. The summed E-state index contributed by atoms with van der Waals surface area (Å²) in [5.74, 6) is 0. The van der Waals surface area contributed by atoms with E-state index in [2.05, 4.69) is 80.4 Å². The molecule has 4 rings (SSSR count). The van der Waals surface area contributed by atoms with Crippen LogP contribution in [0.3, 0.4) is 0 Å². The van der Waals surface area contributed by atoms with E-state index in [4.69, 9.17) is 11.6 Å². The fourth-order valence-electron chi connectivity index (χ4n) is 5.15. The minimum Gasteiger partial charge on any atom is -0.505 e. The van der Waals surface area contributed by atoms with Crippen molar-refractivity contribution < 1.29 is 4.74 Å². The molecule has 1 heterocycles. The van der Waals surface area contributed by atoms with E-state index in [9.17, 15) is 4.79 Å². The Morgan fingerprint density at radius 3 is 2.38 bits per heavy atom. The monoisotopic (exact) mass is 556 g/mol. The van der Waals surface area contributed by atoms with Crippen molar-refractivity contribution in [3.63, 3.8) is 0 Å². The standard InChI is InChI=1S/C32H35ClN2O.C3H6O/c1-6-11-27-26-13-8-9-15-29(26)35(5)32(36)31(27)25-18-16-23(17-19-25)20-21(3)34-22(4)30-24(7-2)12-10-14-28(30)33;1-3-4-2/h8-10,12-19,21,34H,4,6-7,11,20H2,1-3,5H3;3H,1H2,2H3. The van der Waals surface area contributed by atoms with Gasteiger partial charge in [-0.3, -0.25) is 4.79 Å². The number of hydrogen-bond acceptors (Lipinski definition) is 3. The van der Waals surface area contributed by atoms with E-state index in [1.165, 1.54) is 17.4 Å². The third-order valence-electron chi connectivity index (χ3n) is 7.07. The van der Waals surface area contributed by atoms with E-state index < -0.39 is 0 Å². The minimum absolute atomic E-state index is 0.0581. The topological polar surface area (TPSA) is 43.3 Å². The minimum atomic E-state index is 0.0581. The van der Waals surface area contributed by atoms with Crippen LogP contribution in [0.5, 0.6) is 0 Å². The number of benzene rings is 3. The number of ether oxygens (including phenoxy) is 1. The Morgan fingerprint density at radius 2 is 1.75 bits per heavy atom. The van der Waals surface area contributed by atoms with Gasteiger partial charge in [-0.25, -0.2) is 0 Å². The number of methoxy groups -OCH3 is 1. The van der Waals surface area contributed by atoms with Gasteiger partial charge in [-0.05, 0) is 60.6 Å². The first-order chi connectivity index (χ1) is 19.3. The van der Waals surface area contributed by atoms with Gasteiger partial charge in [0.25, 0.3) is 5.56 Å². The summed E-state index contributed by atoms with van der Waals surface area (Å²) in [6.07, 6.45) is 4.97. The zero-order valence-electron chi connectivity index (χ0n) is 24.4. The van der Waals surface area contributed by atoms with Gasteiger partial charge in [-0.1, -0.05) is 99.6 Å². The Morgan fingerprint density at radius 1 is 1.07 bits per heavy atom. The lowest BCUT2D eigenvalue weighted by molar-refractivity contribution is 0.339. The molecular weight excluding hydrogens is 516 g/mol. The Bertz CT molecular complexity index is 1520. The summed E-state index contributed by atoms with van der Waals surface area (Å²) in [6, 6.07) is 22.8. The lowest BCUT2D eigenvalue weighted by Crippen LogP contribution is -2.26. The highest BCUT2D eigenvalue weighted by Gasteiger charge is 2.17. The molecule has 4 aromatic rings. The Balaban J connectivity index is 0.00000103. The molecule has 0 amide bonds. The predicted molar refractivity (Wildman–Crippen MR) is 172 cm³/mol. The number of aromatic nitrogens is 1. The maximum absolute atomic E-state index is 13.4. The summed E-state index contributed by atoms with van der Waals surface area (Å²) in [7, 11) is 3.43. The van der Waals surface area contributed by atoms with Crippen LogP contribution in [0.15, 0.2) is 90.9 Å². The van der Waals surface area contributed by atoms with Gasteiger partial charge in [0.15, 0.2) is 0 Å². The van der Waals surface area contributed by atoms with E-state index in [0.29, 0.717) is 0 Å². The molecule has 1 N–H and O–H groups in total. The number of nitrogens with one attached hydrogen (secondary N) is 1. The van der Waals surface area contributed by atoms with Crippen molar-refractivity contribution in [2.24, 2.45) is 7.05 Å². The molecule has 1 aromatic heterocycles. The second kappa shape index (κ2) is 14.6. The highest BCUT2D eigenvalue weighted by Crippen LogP contribution is 2.29. The van der Waals surface area contributed by atoms with Gasteiger partial charge in [0.2, 0.25) is 0 Å². The number of nitrogens with zero attached hydrogens (tertiary/aromatic N) is 1. The number of fused-ring (bicyclic) bond motifs is 1. The molecule has 1 atom stereocenters. The van der Waals surface area contributed by atoms with E-state index >= 15 is 0 Å². The van der Waals surface area contributed by atoms with Gasteiger partial charge in [0, 0.05) is 29.7 Å². The molecule has 0 fully saturated rings. The van der Waals surface area contributed by atoms with Crippen molar-refractivity contribution >= 4 is 28.2 Å². The summed E-state index contributed by atoms with van der Waals surface area (Å²) in [6.45, 7) is 14.0. The van der Waals surface area contributed by atoms with Gasteiger partial charge in [-0.2, -0.15) is 0 Å². The van der Waals surface area contributed by atoms with Crippen LogP contribution < -0.4 is 10.9 Å². The van der Waals surface area contributed by atoms with Crippen molar-refractivity contribution in [1.29, 1.82) is 0 Å². The fourth-order valence-corrected chi connectivity index (χ4v) is 5.46. The normalized spacial score (nSPS) is 11.3. The van der Waals surface area contributed by atoms with Crippen molar-refractivity contribution in [1.82, 2.24) is 9.88 Å². The molecular formula is C35H41ClN2O2. The molecule has 0 saturated carbocycles. The fraction of sp³-hybridized carbons (Fsp3) is 0.286. The van der Waals surface area contributed by atoms with Crippen molar-refractivity contribution in [3.05, 3.63) is 124 Å². The lowest BCUT2D eigenvalue weighted by Gasteiger charge is -2.20. The molecule has 0 aliphatic heterocycles. The number of aryl methyl sites for hydroxylation is 3. The molecule has 0 aliphatic rings. The third kappa shape index (κ3) is 7.05. The summed E-state index contributed by atoms with van der Waals surface area (Å²) in [4.78, 5) is 13.4. The summed E-state index contributed by atoms with van der Waals surface area (Å²) in [5, 5.41) is 5.42. The van der Waals surface area contributed by atoms with Crippen LogP contribution in [0.2, 0.25) is 5.02 Å². The highest BCUT2D eigenvalue weighted by atomic mass is 35.5. The summed E-state index contributed by atoms with van der Waals surface area (Å²) < 4.78 is 6.08. The number of pyridine rings is 1. The maximum atomic E-state index is 13.4. The summed E-state index contributed by atoms with van der Waals surface area (Å²) >= 11 is 6.49. The molecule has 3 aromatic carbocycles. The number of rotatable bonds is 10. The maximum Gasteiger partial charge on any atom is 0.258 e. The predicted octanol–water partition coefficient (Wildman–Crippen LogP) is 8.34. The van der Waals surface area contributed by atoms with E-state index in [1.54, 1.807) is 11.7 Å². The second-order valence-corrected chi connectivity index (χ2v) is 10.3. The average Bonchev–Trinajstić information content (AvgIpc) is 2.96. The van der Waals surface area contributed by atoms with Crippen LogP contribution in [-0.4, -0.2) is 17.7 Å². The molecule has 5 heteroatoms. The average molecular weight is 557 g/mol. The highest BCUT2D eigenvalue weighted by molar-refractivity contribution is 6.32. The molecule has 210 valence electrons. The van der Waals surface area contributed by atoms with Crippen LogP contribution in [-0.2, 0) is 31.0 Å². The zero-order valence-corrected chi connectivity index (χ0v) is 25.1. The van der Waals surface area contributed by atoms with Crippen LogP contribution in [0, 0.1) is 0 Å². The Labute approximate surface area is 244 Å². The van der Waals surface area contributed by atoms with Crippen LogP contribution in [0.1, 0.15) is 49.4 Å². The molecule has 0 radical (unpaired) electrons. The van der Waals surface area contributed by atoms with E-state index in [0.717, 1.165) is 69.6 Å². The smallest absolute Gasteiger partial charge is 0.258 e. The van der Waals surface area contributed by atoms with Gasteiger partial charge >= 0.3 is 0 Å². The number of halogens is 1. The molecule has 1 unspecified atom stereocenters. The second-order valence-electron chi connectivity index (χ2n) is 9.94. The quantitative estimate of drug-likeness (QED) is 0.200. The van der Waals surface area contributed by atoms with Gasteiger partial charge in [0.05, 0.1) is 29.5 Å². The van der Waals surface area contributed by atoms with Crippen molar-refractivity contribution in [2.75, 3.05) is 7.11 Å². The van der Waals surface area contributed by atoms with Gasteiger partial charge < -0.3 is 14.6 Å². The van der Waals surface area contributed by atoms with Gasteiger partial charge in [0.1, 0.15) is 0 Å². The van der Waals surface area contributed by atoms with Gasteiger partial charge in [-0.15, -0.1) is 0 Å². The molecule has 0 saturated heterocycles. The zero-order chi connectivity index (χ0) is 29.2. The third-order valence-corrected chi connectivity index (χ3v) is 7.38. The lowest BCUT2D eigenvalue weighted by atomic mass is 9.93. The SMILES string of the molecule is C=C(NC(C)Cc1ccc(-c2c(CCC)c3ccccc3n(C)c2=O)cc1)c1c(Cl)cccc1CC.C=COC. The van der Waals surface area contributed by atoms with Crippen molar-refractivity contribution in [3.8, 4) is 11.1 Å². The van der Waals surface area contributed by atoms with Crippen LogP contribution >= 0.6 is 11.6 Å². The first-order valence-corrected chi connectivity index (χ1v) is 14.2. The molecule has 0 spiro atoms. The van der Waals surface area contributed by atoms with E-state index in [1.807, 2.05) is 37.4 Å². The molecule has 40 heavy (non-hydrogen) atoms. The molecule has 0 bridgehead atoms.